The quantitative estimate of drug-likeness (QED) is 0.896. The lowest BCUT2D eigenvalue weighted by molar-refractivity contribution is 0.0685. The van der Waals surface area contributed by atoms with Crippen molar-refractivity contribution in [3.63, 3.8) is 0 Å². The highest BCUT2D eigenvalue weighted by Crippen LogP contribution is 2.25. The van der Waals surface area contributed by atoms with E-state index in [0.29, 0.717) is 17.5 Å². The van der Waals surface area contributed by atoms with E-state index >= 15 is 0 Å². The number of pyridine rings is 1. The van der Waals surface area contributed by atoms with Crippen molar-refractivity contribution in [2.75, 3.05) is 37.4 Å². The van der Waals surface area contributed by atoms with Crippen LogP contribution in [0.3, 0.4) is 0 Å². The number of hydrogen-bond acceptors (Lipinski definition) is 5. The summed E-state index contributed by atoms with van der Waals surface area (Å²) in [5.74, 6) is 2.10. The molecule has 2 heterocycles. The molecule has 1 aromatic heterocycles. The Labute approximate surface area is 121 Å². The van der Waals surface area contributed by atoms with E-state index in [0.717, 1.165) is 38.4 Å². The molecule has 0 spiro atoms. The van der Waals surface area contributed by atoms with E-state index in [-0.39, 0.29) is 6.10 Å². The van der Waals surface area contributed by atoms with Gasteiger partial charge in [0.1, 0.15) is 5.82 Å². The summed E-state index contributed by atoms with van der Waals surface area (Å²) in [6.45, 7) is 6.67. The van der Waals surface area contributed by atoms with Crippen LogP contribution in [0.2, 0.25) is 0 Å². The van der Waals surface area contributed by atoms with Crippen molar-refractivity contribution in [3.8, 4) is 5.88 Å². The van der Waals surface area contributed by atoms with Crippen LogP contribution in [0, 0.1) is 5.92 Å². The Morgan fingerprint density at radius 1 is 1.40 bits per heavy atom. The minimum atomic E-state index is 0.0702. The van der Waals surface area contributed by atoms with Crippen LogP contribution in [-0.4, -0.2) is 37.9 Å². The summed E-state index contributed by atoms with van der Waals surface area (Å²) in [7, 11) is 2.06. The fourth-order valence-electron chi connectivity index (χ4n) is 2.38. The molecule has 0 bridgehead atoms. The number of aromatic nitrogens is 1. The van der Waals surface area contributed by atoms with Gasteiger partial charge in [-0.05, 0) is 44.7 Å². The number of ether oxygens (including phenoxy) is 2. The van der Waals surface area contributed by atoms with Crippen LogP contribution in [0.15, 0.2) is 12.1 Å². The Bertz CT molecular complexity index is 431. The molecule has 5 nitrogen and oxygen atoms in total. The summed E-state index contributed by atoms with van der Waals surface area (Å²) in [4.78, 5) is 6.69. The predicted octanol–water partition coefficient (Wildman–Crippen LogP) is 2.31. The van der Waals surface area contributed by atoms with Crippen molar-refractivity contribution in [1.29, 1.82) is 0 Å². The lowest BCUT2D eigenvalue weighted by Crippen LogP contribution is -2.30. The van der Waals surface area contributed by atoms with E-state index in [4.69, 9.17) is 15.2 Å². The molecule has 1 aliphatic rings. The molecule has 0 radical (unpaired) electrons. The van der Waals surface area contributed by atoms with Crippen molar-refractivity contribution < 1.29 is 9.47 Å². The van der Waals surface area contributed by atoms with Gasteiger partial charge in [-0.25, -0.2) is 0 Å². The zero-order valence-electron chi connectivity index (χ0n) is 12.6. The SMILES string of the molecule is CC(C)Oc1nc(N(C)CC2CCOCC2)ccc1N. The first kappa shape index (κ1) is 14.9. The Morgan fingerprint density at radius 3 is 2.75 bits per heavy atom. The first-order chi connectivity index (χ1) is 9.56. The number of rotatable bonds is 5. The third-order valence-corrected chi connectivity index (χ3v) is 3.49. The average molecular weight is 279 g/mol. The minimum Gasteiger partial charge on any atom is -0.473 e. The molecule has 2 N–H and O–H groups in total. The zero-order chi connectivity index (χ0) is 14.5. The largest absolute Gasteiger partial charge is 0.473 e. The van der Waals surface area contributed by atoms with Gasteiger partial charge in [0.2, 0.25) is 5.88 Å². The van der Waals surface area contributed by atoms with Gasteiger partial charge in [0.05, 0.1) is 11.8 Å². The smallest absolute Gasteiger partial charge is 0.239 e. The second-order valence-corrected chi connectivity index (χ2v) is 5.67. The molecule has 112 valence electrons. The van der Waals surface area contributed by atoms with Crippen LogP contribution in [-0.2, 0) is 4.74 Å². The second-order valence-electron chi connectivity index (χ2n) is 5.67. The summed E-state index contributed by atoms with van der Waals surface area (Å²) < 4.78 is 11.0. The summed E-state index contributed by atoms with van der Waals surface area (Å²) in [5, 5.41) is 0. The summed E-state index contributed by atoms with van der Waals surface area (Å²) in [6, 6.07) is 3.81. The van der Waals surface area contributed by atoms with Crippen molar-refractivity contribution in [2.45, 2.75) is 32.8 Å². The number of hydrogen-bond donors (Lipinski definition) is 1. The maximum absolute atomic E-state index is 5.90. The van der Waals surface area contributed by atoms with E-state index < -0.39 is 0 Å². The number of anilines is 2. The molecule has 0 aromatic carbocycles. The summed E-state index contributed by atoms with van der Waals surface area (Å²) >= 11 is 0. The molecule has 2 rings (SSSR count). The standard InChI is InChI=1S/C15H25N3O2/c1-11(2)20-15-13(16)4-5-14(17-15)18(3)10-12-6-8-19-9-7-12/h4-5,11-12H,6-10,16H2,1-3H3. The van der Waals surface area contributed by atoms with Gasteiger partial charge in [-0.3, -0.25) is 0 Å². The lowest BCUT2D eigenvalue weighted by Gasteiger charge is -2.28. The van der Waals surface area contributed by atoms with E-state index in [9.17, 15) is 0 Å². The highest BCUT2D eigenvalue weighted by atomic mass is 16.5. The van der Waals surface area contributed by atoms with Gasteiger partial charge >= 0.3 is 0 Å². The molecule has 20 heavy (non-hydrogen) atoms. The Hall–Kier alpha value is -1.49. The molecule has 0 unspecified atom stereocenters. The maximum Gasteiger partial charge on any atom is 0.239 e. The number of nitrogen functional groups attached to an aromatic ring is 1. The summed E-state index contributed by atoms with van der Waals surface area (Å²) in [6.07, 6.45) is 2.31. The monoisotopic (exact) mass is 279 g/mol. The molecular formula is C15H25N3O2. The highest BCUT2D eigenvalue weighted by Gasteiger charge is 2.17. The lowest BCUT2D eigenvalue weighted by atomic mass is 10.00. The molecule has 0 aliphatic carbocycles. The van der Waals surface area contributed by atoms with Crippen LogP contribution >= 0.6 is 0 Å². The van der Waals surface area contributed by atoms with Crippen molar-refractivity contribution >= 4 is 11.5 Å². The first-order valence-electron chi connectivity index (χ1n) is 7.28. The normalized spacial score (nSPS) is 16.4. The van der Waals surface area contributed by atoms with Crippen molar-refractivity contribution in [2.24, 2.45) is 5.92 Å². The minimum absolute atomic E-state index is 0.0702. The van der Waals surface area contributed by atoms with Gasteiger partial charge in [0.15, 0.2) is 0 Å². The van der Waals surface area contributed by atoms with Crippen molar-refractivity contribution in [1.82, 2.24) is 4.98 Å². The molecule has 0 amide bonds. The van der Waals surface area contributed by atoms with Gasteiger partial charge in [-0.1, -0.05) is 0 Å². The van der Waals surface area contributed by atoms with Crippen molar-refractivity contribution in [3.05, 3.63) is 12.1 Å². The molecular weight excluding hydrogens is 254 g/mol. The Morgan fingerprint density at radius 2 is 2.10 bits per heavy atom. The van der Waals surface area contributed by atoms with Crippen LogP contribution in [0.25, 0.3) is 0 Å². The molecule has 1 saturated heterocycles. The molecule has 0 atom stereocenters. The molecule has 0 saturated carbocycles. The third kappa shape index (κ3) is 4.00. The Kier molecular flexibility index (Phi) is 5.06. The van der Waals surface area contributed by atoms with E-state index in [1.54, 1.807) is 0 Å². The van der Waals surface area contributed by atoms with Crippen LogP contribution in [0.1, 0.15) is 26.7 Å². The first-order valence-corrected chi connectivity index (χ1v) is 7.28. The van der Waals surface area contributed by atoms with Gasteiger partial charge in [0, 0.05) is 26.8 Å². The highest BCUT2D eigenvalue weighted by molar-refractivity contribution is 5.54. The number of nitrogens with two attached hydrogens (primary N) is 1. The fraction of sp³-hybridized carbons (Fsp3) is 0.667. The van der Waals surface area contributed by atoms with Crippen LogP contribution < -0.4 is 15.4 Å². The average Bonchev–Trinajstić information content (AvgIpc) is 2.42. The third-order valence-electron chi connectivity index (χ3n) is 3.49. The summed E-state index contributed by atoms with van der Waals surface area (Å²) in [5.41, 5.74) is 6.48. The predicted molar refractivity (Wildman–Crippen MR) is 81.2 cm³/mol. The van der Waals surface area contributed by atoms with Gasteiger partial charge in [-0.2, -0.15) is 4.98 Å². The van der Waals surface area contributed by atoms with Gasteiger partial charge in [-0.15, -0.1) is 0 Å². The van der Waals surface area contributed by atoms with Gasteiger partial charge < -0.3 is 20.1 Å². The molecule has 1 aromatic rings. The van der Waals surface area contributed by atoms with E-state index in [2.05, 4.69) is 16.9 Å². The Balaban J connectivity index is 2.03. The van der Waals surface area contributed by atoms with E-state index in [1.807, 2.05) is 26.0 Å². The van der Waals surface area contributed by atoms with Gasteiger partial charge in [0.25, 0.3) is 0 Å². The molecule has 1 fully saturated rings. The van der Waals surface area contributed by atoms with E-state index in [1.165, 1.54) is 0 Å². The zero-order valence-corrected chi connectivity index (χ0v) is 12.6. The van der Waals surface area contributed by atoms with Crippen LogP contribution in [0.5, 0.6) is 5.88 Å². The topological polar surface area (TPSA) is 60.6 Å². The fourth-order valence-corrected chi connectivity index (χ4v) is 2.38. The molecule has 5 heteroatoms. The molecule has 1 aliphatic heterocycles. The maximum atomic E-state index is 5.90. The van der Waals surface area contributed by atoms with Crippen LogP contribution in [0.4, 0.5) is 11.5 Å². The second kappa shape index (κ2) is 6.79. The number of nitrogens with zero attached hydrogens (tertiary/aromatic N) is 2.